The highest BCUT2D eigenvalue weighted by Gasteiger charge is 2.17. The molecule has 1 saturated heterocycles. The summed E-state index contributed by atoms with van der Waals surface area (Å²) in [4.78, 5) is 18.4. The summed E-state index contributed by atoms with van der Waals surface area (Å²) in [6, 6.07) is 3.69. The number of hydrogen-bond donors (Lipinski definition) is 2. The molecule has 1 aliphatic rings. The van der Waals surface area contributed by atoms with Crippen molar-refractivity contribution in [2.75, 3.05) is 24.5 Å². The molecule has 0 saturated carbocycles. The quantitative estimate of drug-likeness (QED) is 0.874. The molecule has 1 aliphatic heterocycles. The van der Waals surface area contributed by atoms with E-state index in [2.05, 4.69) is 22.1 Å². The molecule has 2 heterocycles. The van der Waals surface area contributed by atoms with Crippen LogP contribution in [0.5, 0.6) is 0 Å². The molecule has 0 bridgehead atoms. The first-order chi connectivity index (χ1) is 9.56. The van der Waals surface area contributed by atoms with E-state index in [-0.39, 0.29) is 12.5 Å². The third-order valence-electron chi connectivity index (χ3n) is 3.68. The molecule has 0 aliphatic carbocycles. The topological polar surface area (TPSA) is 65.5 Å². The van der Waals surface area contributed by atoms with Crippen molar-refractivity contribution in [1.82, 2.24) is 10.3 Å². The Morgan fingerprint density at radius 2 is 2.20 bits per heavy atom. The van der Waals surface area contributed by atoms with Crippen molar-refractivity contribution < 1.29 is 9.90 Å². The Kier molecular flexibility index (Phi) is 4.95. The van der Waals surface area contributed by atoms with Crippen LogP contribution in [0.1, 0.15) is 37.0 Å². The van der Waals surface area contributed by atoms with Crippen molar-refractivity contribution in [3.63, 3.8) is 0 Å². The van der Waals surface area contributed by atoms with Gasteiger partial charge >= 0.3 is 0 Å². The number of aliphatic hydroxyl groups is 1. The second-order valence-electron chi connectivity index (χ2n) is 5.63. The number of carbonyl (C=O) groups excluding carboxylic acids is 1. The van der Waals surface area contributed by atoms with E-state index in [0.29, 0.717) is 5.56 Å². The highest BCUT2D eigenvalue weighted by molar-refractivity contribution is 5.94. The lowest BCUT2D eigenvalue weighted by molar-refractivity contribution is 0.0923. The average Bonchev–Trinajstić information content (AvgIpc) is 2.46. The number of aliphatic hydroxyl groups excluding tert-OH is 1. The van der Waals surface area contributed by atoms with Gasteiger partial charge in [0.25, 0.3) is 5.91 Å². The van der Waals surface area contributed by atoms with Crippen molar-refractivity contribution in [1.29, 1.82) is 0 Å². The van der Waals surface area contributed by atoms with Gasteiger partial charge in [0.1, 0.15) is 5.82 Å². The fourth-order valence-electron chi connectivity index (χ4n) is 2.29. The minimum atomic E-state index is -0.540. The van der Waals surface area contributed by atoms with Gasteiger partial charge in [0.15, 0.2) is 0 Å². The lowest BCUT2D eigenvalue weighted by Crippen LogP contribution is -2.33. The Bertz CT molecular complexity index is 437. The maximum Gasteiger partial charge on any atom is 0.252 e. The fourth-order valence-corrected chi connectivity index (χ4v) is 2.29. The molecular formula is C15H23N3O2. The number of nitrogens with one attached hydrogen (secondary N) is 1. The standard InChI is InChI=1S/C15H23N3O2/c1-11-5-7-18(8-6-11)14-4-3-13(10-16-14)15(20)17-9-12(2)19/h3-4,10-12,19H,5-9H2,1-2H3,(H,17,20). The summed E-state index contributed by atoms with van der Waals surface area (Å²) in [6.45, 7) is 6.23. The first-order valence-electron chi connectivity index (χ1n) is 7.23. The van der Waals surface area contributed by atoms with E-state index < -0.39 is 6.10 Å². The molecule has 5 heteroatoms. The van der Waals surface area contributed by atoms with Crippen LogP contribution in [-0.4, -0.2) is 41.7 Å². The van der Waals surface area contributed by atoms with Crippen LogP contribution in [0.15, 0.2) is 18.3 Å². The summed E-state index contributed by atoms with van der Waals surface area (Å²) in [5.41, 5.74) is 0.528. The molecule has 1 aromatic rings. The van der Waals surface area contributed by atoms with Crippen molar-refractivity contribution in [3.05, 3.63) is 23.9 Å². The van der Waals surface area contributed by atoms with Crippen molar-refractivity contribution in [2.45, 2.75) is 32.8 Å². The highest BCUT2D eigenvalue weighted by Crippen LogP contribution is 2.21. The van der Waals surface area contributed by atoms with Crippen LogP contribution in [0.4, 0.5) is 5.82 Å². The maximum atomic E-state index is 11.8. The van der Waals surface area contributed by atoms with Crippen LogP contribution in [0.3, 0.4) is 0 Å². The number of anilines is 1. The number of nitrogens with zero attached hydrogens (tertiary/aromatic N) is 2. The maximum absolute atomic E-state index is 11.8. The van der Waals surface area contributed by atoms with Gasteiger partial charge in [0, 0.05) is 25.8 Å². The van der Waals surface area contributed by atoms with E-state index in [9.17, 15) is 4.79 Å². The Labute approximate surface area is 120 Å². The molecule has 1 atom stereocenters. The molecule has 1 aromatic heterocycles. The first kappa shape index (κ1) is 14.8. The van der Waals surface area contributed by atoms with Crippen LogP contribution in [0, 0.1) is 5.92 Å². The van der Waals surface area contributed by atoms with Crippen molar-refractivity contribution in [3.8, 4) is 0 Å². The second-order valence-corrected chi connectivity index (χ2v) is 5.63. The normalized spacial score (nSPS) is 17.9. The number of piperidine rings is 1. The summed E-state index contributed by atoms with van der Waals surface area (Å²) < 4.78 is 0. The molecule has 2 N–H and O–H groups in total. The summed E-state index contributed by atoms with van der Waals surface area (Å²) in [5.74, 6) is 1.53. The van der Waals surface area contributed by atoms with Gasteiger partial charge in [0.2, 0.25) is 0 Å². The number of aromatic nitrogens is 1. The van der Waals surface area contributed by atoms with Crippen LogP contribution >= 0.6 is 0 Å². The zero-order valence-corrected chi connectivity index (χ0v) is 12.2. The van der Waals surface area contributed by atoms with Crippen LogP contribution < -0.4 is 10.2 Å². The van der Waals surface area contributed by atoms with Crippen LogP contribution in [0.25, 0.3) is 0 Å². The van der Waals surface area contributed by atoms with E-state index in [1.807, 2.05) is 6.07 Å². The number of carbonyl (C=O) groups is 1. The minimum absolute atomic E-state index is 0.197. The fraction of sp³-hybridized carbons (Fsp3) is 0.600. The molecule has 20 heavy (non-hydrogen) atoms. The van der Waals surface area contributed by atoms with E-state index in [1.165, 1.54) is 12.8 Å². The van der Waals surface area contributed by atoms with Gasteiger partial charge < -0.3 is 15.3 Å². The van der Waals surface area contributed by atoms with Crippen molar-refractivity contribution >= 4 is 11.7 Å². The molecule has 0 radical (unpaired) electrons. The number of pyridine rings is 1. The highest BCUT2D eigenvalue weighted by atomic mass is 16.3. The van der Waals surface area contributed by atoms with Gasteiger partial charge in [-0.2, -0.15) is 0 Å². The van der Waals surface area contributed by atoms with Gasteiger partial charge in [-0.1, -0.05) is 6.92 Å². The predicted molar refractivity (Wildman–Crippen MR) is 78.9 cm³/mol. The molecule has 1 unspecified atom stereocenters. The smallest absolute Gasteiger partial charge is 0.252 e. The summed E-state index contributed by atoms with van der Waals surface area (Å²) in [7, 11) is 0. The van der Waals surface area contributed by atoms with E-state index in [1.54, 1.807) is 19.2 Å². The number of amides is 1. The Morgan fingerprint density at radius 3 is 2.75 bits per heavy atom. The van der Waals surface area contributed by atoms with Crippen molar-refractivity contribution in [2.24, 2.45) is 5.92 Å². The molecular weight excluding hydrogens is 254 g/mol. The zero-order valence-electron chi connectivity index (χ0n) is 12.2. The van der Waals surface area contributed by atoms with E-state index in [4.69, 9.17) is 5.11 Å². The molecule has 0 spiro atoms. The Hall–Kier alpha value is -1.62. The summed E-state index contributed by atoms with van der Waals surface area (Å²) >= 11 is 0. The molecule has 1 fully saturated rings. The predicted octanol–water partition coefficient (Wildman–Crippen LogP) is 1.43. The molecule has 2 rings (SSSR count). The minimum Gasteiger partial charge on any atom is -0.392 e. The van der Waals surface area contributed by atoms with Gasteiger partial charge in [-0.25, -0.2) is 4.98 Å². The first-order valence-corrected chi connectivity index (χ1v) is 7.23. The van der Waals surface area contributed by atoms with Gasteiger partial charge in [0.05, 0.1) is 11.7 Å². The second kappa shape index (κ2) is 6.70. The Balaban J connectivity index is 1.94. The molecule has 110 valence electrons. The summed E-state index contributed by atoms with van der Waals surface area (Å²) in [6.07, 6.45) is 3.45. The third-order valence-corrected chi connectivity index (χ3v) is 3.68. The third kappa shape index (κ3) is 3.93. The van der Waals surface area contributed by atoms with Gasteiger partial charge in [-0.3, -0.25) is 4.79 Å². The summed E-state index contributed by atoms with van der Waals surface area (Å²) in [5, 5.41) is 11.8. The van der Waals surface area contributed by atoms with E-state index in [0.717, 1.165) is 24.8 Å². The monoisotopic (exact) mass is 277 g/mol. The lowest BCUT2D eigenvalue weighted by atomic mass is 9.99. The molecule has 0 aromatic carbocycles. The van der Waals surface area contributed by atoms with Gasteiger partial charge in [-0.15, -0.1) is 0 Å². The zero-order chi connectivity index (χ0) is 14.5. The van der Waals surface area contributed by atoms with Crippen LogP contribution in [-0.2, 0) is 0 Å². The Morgan fingerprint density at radius 1 is 1.50 bits per heavy atom. The van der Waals surface area contributed by atoms with Gasteiger partial charge in [-0.05, 0) is 37.8 Å². The lowest BCUT2D eigenvalue weighted by Gasteiger charge is -2.31. The van der Waals surface area contributed by atoms with Crippen LogP contribution in [0.2, 0.25) is 0 Å². The number of rotatable bonds is 4. The molecule has 5 nitrogen and oxygen atoms in total. The number of hydrogen-bond acceptors (Lipinski definition) is 4. The average molecular weight is 277 g/mol. The SMILES string of the molecule is CC(O)CNC(=O)c1ccc(N2CCC(C)CC2)nc1. The van der Waals surface area contributed by atoms with E-state index >= 15 is 0 Å². The molecule has 1 amide bonds. The largest absolute Gasteiger partial charge is 0.392 e.